The SMILES string of the molecule is CCCCC/C=C\C/C=C\CCCCCCCCCCCC(=O)O[C@@H](CO)COC(=O)CCCCCCCCC/C=C\C/C=C\CCCCC. The minimum Gasteiger partial charge on any atom is -0.462 e. The maximum absolute atomic E-state index is 12.2. The number of aliphatic hydroxyl groups is 1. The Labute approximate surface area is 309 Å². The van der Waals surface area contributed by atoms with Gasteiger partial charge < -0.3 is 14.6 Å². The van der Waals surface area contributed by atoms with Gasteiger partial charge in [-0.3, -0.25) is 9.59 Å². The van der Waals surface area contributed by atoms with Crippen molar-refractivity contribution in [2.45, 2.75) is 213 Å². The molecule has 0 unspecified atom stereocenters. The summed E-state index contributed by atoms with van der Waals surface area (Å²) in [5, 5.41) is 9.57. The molecule has 0 radical (unpaired) electrons. The van der Waals surface area contributed by atoms with Crippen molar-refractivity contribution in [2.24, 2.45) is 0 Å². The number of hydrogen-bond donors (Lipinski definition) is 1. The van der Waals surface area contributed by atoms with E-state index in [1.807, 2.05) is 0 Å². The van der Waals surface area contributed by atoms with Gasteiger partial charge in [0.05, 0.1) is 6.61 Å². The normalized spacial score (nSPS) is 12.6. The van der Waals surface area contributed by atoms with Crippen LogP contribution in [0.5, 0.6) is 0 Å². The molecule has 1 atom stereocenters. The second-order valence-corrected chi connectivity index (χ2v) is 14.1. The minimum absolute atomic E-state index is 0.0718. The van der Waals surface area contributed by atoms with Gasteiger partial charge >= 0.3 is 11.9 Å². The van der Waals surface area contributed by atoms with Gasteiger partial charge in [0, 0.05) is 12.8 Å². The third kappa shape index (κ3) is 38.7. The molecular weight excluding hydrogens is 620 g/mol. The topological polar surface area (TPSA) is 72.8 Å². The van der Waals surface area contributed by atoms with Crippen LogP contribution in [0.25, 0.3) is 0 Å². The maximum atomic E-state index is 12.2. The van der Waals surface area contributed by atoms with E-state index in [4.69, 9.17) is 9.47 Å². The summed E-state index contributed by atoms with van der Waals surface area (Å²) in [6.07, 6.45) is 51.7. The summed E-state index contributed by atoms with van der Waals surface area (Å²) in [6, 6.07) is 0. The minimum atomic E-state index is -0.777. The van der Waals surface area contributed by atoms with Crippen molar-refractivity contribution in [3.63, 3.8) is 0 Å². The summed E-state index contributed by atoms with van der Waals surface area (Å²) in [7, 11) is 0. The van der Waals surface area contributed by atoms with Crippen molar-refractivity contribution >= 4 is 11.9 Å². The van der Waals surface area contributed by atoms with Gasteiger partial charge in [-0.05, 0) is 77.0 Å². The van der Waals surface area contributed by atoms with Crippen LogP contribution in [0.1, 0.15) is 206 Å². The molecule has 0 saturated carbocycles. The van der Waals surface area contributed by atoms with Gasteiger partial charge in [-0.15, -0.1) is 0 Å². The van der Waals surface area contributed by atoms with Crippen LogP contribution in [0.15, 0.2) is 48.6 Å². The lowest BCUT2D eigenvalue weighted by Crippen LogP contribution is -2.28. The first-order valence-electron chi connectivity index (χ1n) is 21.2. The molecule has 0 aromatic heterocycles. The van der Waals surface area contributed by atoms with Crippen molar-refractivity contribution in [1.82, 2.24) is 0 Å². The Morgan fingerprint density at radius 1 is 0.460 bits per heavy atom. The first-order chi connectivity index (χ1) is 24.6. The summed E-state index contributed by atoms with van der Waals surface area (Å²) in [6.45, 7) is 4.08. The van der Waals surface area contributed by atoms with Crippen LogP contribution >= 0.6 is 0 Å². The lowest BCUT2D eigenvalue weighted by molar-refractivity contribution is -0.161. The summed E-state index contributed by atoms with van der Waals surface area (Å²) in [5.74, 6) is -0.603. The first kappa shape index (κ1) is 47.9. The van der Waals surface area contributed by atoms with Crippen LogP contribution in [-0.2, 0) is 19.1 Å². The first-order valence-corrected chi connectivity index (χ1v) is 21.2. The van der Waals surface area contributed by atoms with Gasteiger partial charge in [0.15, 0.2) is 6.10 Å². The van der Waals surface area contributed by atoms with E-state index >= 15 is 0 Å². The van der Waals surface area contributed by atoms with Crippen molar-refractivity contribution in [3.05, 3.63) is 48.6 Å². The lowest BCUT2D eigenvalue weighted by atomic mass is 10.1. The average Bonchev–Trinajstić information content (AvgIpc) is 3.12. The Hall–Kier alpha value is -2.14. The molecule has 1 N–H and O–H groups in total. The van der Waals surface area contributed by atoms with Gasteiger partial charge in [0.25, 0.3) is 0 Å². The predicted molar refractivity (Wildman–Crippen MR) is 214 cm³/mol. The maximum Gasteiger partial charge on any atom is 0.306 e. The second kappa shape index (κ2) is 41.3. The standard InChI is InChI=1S/C45H80O5/c1-3-5-7-9-11-13-15-17-19-21-22-24-26-28-30-32-34-36-38-40-45(48)50-43(41-46)42-49-44(47)39-37-35-33-31-29-27-25-23-20-18-16-14-12-10-8-6-4-2/h11-14,17-20,43,46H,3-10,15-16,21-42H2,1-2H3/b13-11-,14-12-,19-17-,20-18-/t43-/m0/s1. The number of rotatable bonds is 38. The van der Waals surface area contributed by atoms with Crippen molar-refractivity contribution in [2.75, 3.05) is 13.2 Å². The van der Waals surface area contributed by atoms with E-state index in [1.165, 1.54) is 122 Å². The van der Waals surface area contributed by atoms with Gasteiger partial charge in [0.1, 0.15) is 6.61 Å². The fraction of sp³-hybridized carbons (Fsp3) is 0.778. The Morgan fingerprint density at radius 2 is 0.800 bits per heavy atom. The smallest absolute Gasteiger partial charge is 0.306 e. The molecule has 290 valence electrons. The van der Waals surface area contributed by atoms with E-state index in [1.54, 1.807) is 0 Å². The zero-order valence-electron chi connectivity index (χ0n) is 32.9. The summed E-state index contributed by atoms with van der Waals surface area (Å²) in [4.78, 5) is 24.3. The number of carbonyl (C=O) groups is 2. The lowest BCUT2D eigenvalue weighted by Gasteiger charge is -2.15. The molecule has 0 spiro atoms. The monoisotopic (exact) mass is 701 g/mol. The van der Waals surface area contributed by atoms with Crippen LogP contribution < -0.4 is 0 Å². The molecule has 0 heterocycles. The van der Waals surface area contributed by atoms with Gasteiger partial charge in [0.2, 0.25) is 0 Å². The number of hydrogen-bond acceptors (Lipinski definition) is 5. The van der Waals surface area contributed by atoms with Crippen LogP contribution in [0.2, 0.25) is 0 Å². The number of aliphatic hydroxyl groups excluding tert-OH is 1. The predicted octanol–water partition coefficient (Wildman–Crippen LogP) is 13.4. The molecule has 0 aromatic rings. The van der Waals surface area contributed by atoms with E-state index in [2.05, 4.69) is 62.5 Å². The van der Waals surface area contributed by atoms with E-state index < -0.39 is 6.10 Å². The summed E-state index contributed by atoms with van der Waals surface area (Å²) in [5.41, 5.74) is 0. The number of carbonyl (C=O) groups excluding carboxylic acids is 2. The number of esters is 2. The molecule has 0 aliphatic rings. The zero-order valence-corrected chi connectivity index (χ0v) is 32.9. The van der Waals surface area contributed by atoms with E-state index in [9.17, 15) is 14.7 Å². The third-order valence-corrected chi connectivity index (χ3v) is 9.10. The van der Waals surface area contributed by atoms with E-state index in [0.717, 1.165) is 57.8 Å². The zero-order chi connectivity index (χ0) is 36.4. The van der Waals surface area contributed by atoms with Crippen LogP contribution in [0.3, 0.4) is 0 Å². The molecule has 0 bridgehead atoms. The molecule has 0 aliphatic heterocycles. The Kier molecular flexibility index (Phi) is 39.5. The van der Waals surface area contributed by atoms with Gasteiger partial charge in [-0.25, -0.2) is 0 Å². The van der Waals surface area contributed by atoms with Crippen molar-refractivity contribution in [3.8, 4) is 0 Å². The highest BCUT2D eigenvalue weighted by Crippen LogP contribution is 2.14. The second-order valence-electron chi connectivity index (χ2n) is 14.1. The Morgan fingerprint density at radius 3 is 1.18 bits per heavy atom. The highest BCUT2D eigenvalue weighted by atomic mass is 16.6. The molecule has 50 heavy (non-hydrogen) atoms. The average molecular weight is 701 g/mol. The van der Waals surface area contributed by atoms with E-state index in [0.29, 0.717) is 12.8 Å². The third-order valence-electron chi connectivity index (χ3n) is 9.10. The number of allylic oxidation sites excluding steroid dienone is 8. The van der Waals surface area contributed by atoms with Gasteiger partial charge in [-0.1, -0.05) is 165 Å². The molecule has 0 saturated heterocycles. The quantitative estimate of drug-likeness (QED) is 0.0394. The van der Waals surface area contributed by atoms with Gasteiger partial charge in [-0.2, -0.15) is 0 Å². The molecule has 5 heteroatoms. The largest absolute Gasteiger partial charge is 0.462 e. The molecule has 0 amide bonds. The highest BCUT2D eigenvalue weighted by Gasteiger charge is 2.16. The molecule has 0 aromatic carbocycles. The Bertz CT molecular complexity index is 842. The molecule has 0 rings (SSSR count). The van der Waals surface area contributed by atoms with Crippen LogP contribution in [0, 0.1) is 0 Å². The fourth-order valence-corrected chi connectivity index (χ4v) is 5.85. The van der Waals surface area contributed by atoms with Crippen LogP contribution in [-0.4, -0.2) is 36.4 Å². The number of unbranched alkanes of at least 4 members (excludes halogenated alkanes) is 22. The summed E-state index contributed by atoms with van der Waals surface area (Å²) < 4.78 is 10.6. The molecule has 5 nitrogen and oxygen atoms in total. The fourth-order valence-electron chi connectivity index (χ4n) is 5.85. The van der Waals surface area contributed by atoms with E-state index in [-0.39, 0.29) is 25.2 Å². The molecule has 0 aliphatic carbocycles. The summed E-state index contributed by atoms with van der Waals surface area (Å²) >= 11 is 0. The van der Waals surface area contributed by atoms with Crippen molar-refractivity contribution < 1.29 is 24.2 Å². The molecular formula is C45H80O5. The Balaban J connectivity index is 3.56. The molecule has 0 fully saturated rings. The number of ether oxygens (including phenoxy) is 2. The van der Waals surface area contributed by atoms with Crippen molar-refractivity contribution in [1.29, 1.82) is 0 Å². The highest BCUT2D eigenvalue weighted by molar-refractivity contribution is 5.70. The van der Waals surface area contributed by atoms with Crippen LogP contribution in [0.4, 0.5) is 0 Å².